The van der Waals surface area contributed by atoms with Crippen molar-refractivity contribution in [1.29, 1.82) is 0 Å². The van der Waals surface area contributed by atoms with Crippen LogP contribution in [0.3, 0.4) is 0 Å². The molecule has 2 rings (SSSR count). The summed E-state index contributed by atoms with van der Waals surface area (Å²) < 4.78 is 0. The van der Waals surface area contributed by atoms with Crippen molar-refractivity contribution in [1.82, 2.24) is 4.98 Å². The Bertz CT molecular complexity index is 300. The van der Waals surface area contributed by atoms with Gasteiger partial charge in [-0.05, 0) is 24.5 Å². The van der Waals surface area contributed by atoms with Crippen LogP contribution in [0.5, 0.6) is 0 Å². The maximum Gasteiger partial charge on any atom is 0.104 e. The Kier molecular flexibility index (Phi) is 1.63. The first-order chi connectivity index (χ1) is 5.76. The summed E-state index contributed by atoms with van der Waals surface area (Å²) in [7, 11) is 0. The van der Waals surface area contributed by atoms with Crippen LogP contribution >= 0.6 is 0 Å². The van der Waals surface area contributed by atoms with E-state index in [1.54, 1.807) is 12.4 Å². The molecule has 3 N–H and O–H groups in total. The summed E-state index contributed by atoms with van der Waals surface area (Å²) in [6, 6.07) is 1.95. The number of fused-ring (bicyclic) bond motifs is 1. The van der Waals surface area contributed by atoms with Gasteiger partial charge in [-0.2, -0.15) is 0 Å². The van der Waals surface area contributed by atoms with E-state index in [9.17, 15) is 5.11 Å². The molecule has 0 aromatic carbocycles. The number of rotatable bonds is 1. The highest BCUT2D eigenvalue weighted by Crippen LogP contribution is 2.34. The van der Waals surface area contributed by atoms with Crippen molar-refractivity contribution in [2.24, 2.45) is 5.73 Å². The van der Waals surface area contributed by atoms with Crippen LogP contribution in [0.4, 0.5) is 0 Å². The Morgan fingerprint density at radius 1 is 1.67 bits per heavy atom. The Balaban J connectivity index is 2.49. The molecule has 64 valence electrons. The molecular weight excluding hydrogens is 152 g/mol. The fourth-order valence-corrected chi connectivity index (χ4v) is 1.75. The summed E-state index contributed by atoms with van der Waals surface area (Å²) in [4.78, 5) is 3.98. The lowest BCUT2D eigenvalue weighted by molar-refractivity contribution is 0.0478. The van der Waals surface area contributed by atoms with E-state index in [-0.39, 0.29) is 6.54 Å². The maximum absolute atomic E-state index is 9.99. The van der Waals surface area contributed by atoms with Gasteiger partial charge in [-0.25, -0.2) is 0 Å². The zero-order valence-electron chi connectivity index (χ0n) is 6.83. The zero-order chi connectivity index (χ0) is 8.60. The molecule has 0 radical (unpaired) electrons. The van der Waals surface area contributed by atoms with E-state index in [0.29, 0.717) is 0 Å². The highest BCUT2D eigenvalue weighted by atomic mass is 16.3. The number of nitrogens with zero attached hydrogens (tertiary/aromatic N) is 1. The molecule has 0 spiro atoms. The lowest BCUT2D eigenvalue weighted by Crippen LogP contribution is -2.32. The normalized spacial score (nSPS) is 27.2. The van der Waals surface area contributed by atoms with Crippen LogP contribution in [0.15, 0.2) is 18.5 Å². The molecule has 1 unspecified atom stereocenters. The first-order valence-corrected chi connectivity index (χ1v) is 4.12. The monoisotopic (exact) mass is 164 g/mol. The quantitative estimate of drug-likeness (QED) is 0.622. The first kappa shape index (κ1) is 7.71. The average Bonchev–Trinajstić information content (AvgIpc) is 2.46. The van der Waals surface area contributed by atoms with E-state index in [2.05, 4.69) is 4.98 Å². The van der Waals surface area contributed by atoms with Crippen molar-refractivity contribution in [3.8, 4) is 0 Å². The number of hydrogen-bond donors (Lipinski definition) is 2. The minimum absolute atomic E-state index is 0.283. The van der Waals surface area contributed by atoms with Crippen molar-refractivity contribution in [3.63, 3.8) is 0 Å². The Morgan fingerprint density at radius 2 is 2.50 bits per heavy atom. The predicted molar refractivity (Wildman–Crippen MR) is 45.5 cm³/mol. The Morgan fingerprint density at radius 3 is 3.25 bits per heavy atom. The van der Waals surface area contributed by atoms with Crippen LogP contribution < -0.4 is 5.73 Å². The molecule has 3 nitrogen and oxygen atoms in total. The van der Waals surface area contributed by atoms with Gasteiger partial charge in [0.05, 0.1) is 0 Å². The van der Waals surface area contributed by atoms with Crippen molar-refractivity contribution < 1.29 is 5.11 Å². The number of aryl methyl sites for hydroxylation is 1. The second kappa shape index (κ2) is 2.54. The van der Waals surface area contributed by atoms with Crippen LogP contribution in [-0.4, -0.2) is 16.6 Å². The highest BCUT2D eigenvalue weighted by molar-refractivity contribution is 5.34. The number of nitrogens with two attached hydrogens (primary N) is 1. The van der Waals surface area contributed by atoms with Gasteiger partial charge in [-0.1, -0.05) is 0 Å². The number of pyridine rings is 1. The molecule has 1 heterocycles. The van der Waals surface area contributed by atoms with E-state index < -0.39 is 5.60 Å². The van der Waals surface area contributed by atoms with Gasteiger partial charge < -0.3 is 10.8 Å². The van der Waals surface area contributed by atoms with Gasteiger partial charge in [0, 0.05) is 24.5 Å². The standard InChI is InChI=1S/C9H12N2O/c10-6-9(12)3-1-7-2-4-11-5-8(7)9/h2,4-5,12H,1,3,6,10H2. The van der Waals surface area contributed by atoms with Crippen LogP contribution in [0.25, 0.3) is 0 Å². The number of aromatic nitrogens is 1. The second-order valence-corrected chi connectivity index (χ2v) is 3.27. The van der Waals surface area contributed by atoms with E-state index in [0.717, 1.165) is 18.4 Å². The molecule has 1 aliphatic rings. The Hall–Kier alpha value is -0.930. The minimum Gasteiger partial charge on any atom is -0.384 e. The van der Waals surface area contributed by atoms with Crippen LogP contribution in [-0.2, 0) is 12.0 Å². The van der Waals surface area contributed by atoms with Gasteiger partial charge in [0.15, 0.2) is 0 Å². The Labute approximate surface area is 71.2 Å². The molecule has 1 aliphatic carbocycles. The van der Waals surface area contributed by atoms with Gasteiger partial charge in [0.1, 0.15) is 5.60 Å². The summed E-state index contributed by atoms with van der Waals surface area (Å²) in [6.45, 7) is 0.283. The van der Waals surface area contributed by atoms with Gasteiger partial charge >= 0.3 is 0 Å². The summed E-state index contributed by atoms with van der Waals surface area (Å²) >= 11 is 0. The van der Waals surface area contributed by atoms with Crippen LogP contribution in [0.2, 0.25) is 0 Å². The fourth-order valence-electron chi connectivity index (χ4n) is 1.75. The zero-order valence-corrected chi connectivity index (χ0v) is 6.83. The van der Waals surface area contributed by atoms with E-state index in [1.165, 1.54) is 5.56 Å². The van der Waals surface area contributed by atoms with Gasteiger partial charge in [0.25, 0.3) is 0 Å². The molecule has 0 fully saturated rings. The molecule has 0 saturated carbocycles. The molecule has 1 aromatic heterocycles. The van der Waals surface area contributed by atoms with E-state index >= 15 is 0 Å². The van der Waals surface area contributed by atoms with Gasteiger partial charge in [-0.15, -0.1) is 0 Å². The fraction of sp³-hybridized carbons (Fsp3) is 0.444. The first-order valence-electron chi connectivity index (χ1n) is 4.12. The van der Waals surface area contributed by atoms with Crippen molar-refractivity contribution >= 4 is 0 Å². The van der Waals surface area contributed by atoms with Crippen LogP contribution in [0, 0.1) is 0 Å². The van der Waals surface area contributed by atoms with Gasteiger partial charge in [0.2, 0.25) is 0 Å². The smallest absolute Gasteiger partial charge is 0.104 e. The van der Waals surface area contributed by atoms with Crippen molar-refractivity contribution in [3.05, 3.63) is 29.6 Å². The van der Waals surface area contributed by atoms with E-state index in [1.807, 2.05) is 6.07 Å². The third-order valence-corrected chi connectivity index (χ3v) is 2.56. The number of aliphatic hydroxyl groups is 1. The highest BCUT2D eigenvalue weighted by Gasteiger charge is 2.35. The lowest BCUT2D eigenvalue weighted by atomic mass is 9.98. The maximum atomic E-state index is 9.99. The third kappa shape index (κ3) is 0.940. The molecule has 1 atom stereocenters. The molecule has 0 aliphatic heterocycles. The average molecular weight is 164 g/mol. The SMILES string of the molecule is NCC1(O)CCc2ccncc21. The largest absolute Gasteiger partial charge is 0.384 e. The summed E-state index contributed by atoms with van der Waals surface area (Å²) in [5.74, 6) is 0. The molecule has 0 saturated heterocycles. The molecule has 0 amide bonds. The molecule has 12 heavy (non-hydrogen) atoms. The molecular formula is C9H12N2O. The summed E-state index contributed by atoms with van der Waals surface area (Å²) in [5.41, 5.74) is 6.78. The third-order valence-electron chi connectivity index (χ3n) is 2.56. The topological polar surface area (TPSA) is 59.1 Å². The summed E-state index contributed by atoms with van der Waals surface area (Å²) in [5, 5.41) is 9.99. The molecule has 1 aromatic rings. The summed E-state index contributed by atoms with van der Waals surface area (Å²) in [6.07, 6.45) is 5.10. The van der Waals surface area contributed by atoms with E-state index in [4.69, 9.17) is 5.73 Å². The van der Waals surface area contributed by atoms with Crippen LogP contribution in [0.1, 0.15) is 17.5 Å². The van der Waals surface area contributed by atoms with Crippen molar-refractivity contribution in [2.45, 2.75) is 18.4 Å². The predicted octanol–water partition coefficient (Wildman–Crippen LogP) is 0.174. The second-order valence-electron chi connectivity index (χ2n) is 3.27. The lowest BCUT2D eigenvalue weighted by Gasteiger charge is -2.20. The molecule has 0 bridgehead atoms. The van der Waals surface area contributed by atoms with Crippen molar-refractivity contribution in [2.75, 3.05) is 6.54 Å². The number of hydrogen-bond acceptors (Lipinski definition) is 3. The minimum atomic E-state index is -0.816. The molecule has 3 heteroatoms. The van der Waals surface area contributed by atoms with Gasteiger partial charge in [-0.3, -0.25) is 4.98 Å².